The Kier molecular flexibility index (Phi) is 3.79. The van der Waals surface area contributed by atoms with Gasteiger partial charge in [0.05, 0.1) is 6.20 Å². The van der Waals surface area contributed by atoms with Gasteiger partial charge in [-0.2, -0.15) is 0 Å². The number of aryl methyl sites for hydroxylation is 2. The van der Waals surface area contributed by atoms with Gasteiger partial charge >= 0.3 is 0 Å². The number of nitrogen functional groups attached to an aromatic ring is 1. The van der Waals surface area contributed by atoms with E-state index in [2.05, 4.69) is 5.10 Å². The van der Waals surface area contributed by atoms with Crippen LogP contribution >= 0.6 is 12.4 Å². The molecule has 0 aliphatic carbocycles. The maximum absolute atomic E-state index is 5.72. The van der Waals surface area contributed by atoms with Gasteiger partial charge in [0.15, 0.2) is 0 Å². The molecule has 0 aliphatic rings. The molecule has 0 fully saturated rings. The summed E-state index contributed by atoms with van der Waals surface area (Å²) >= 11 is 0. The SMILES string of the molecule is Cc1cccc(Oc2nn(C)cc2N)c1.Cl. The van der Waals surface area contributed by atoms with Crippen molar-refractivity contribution >= 4 is 18.1 Å². The minimum atomic E-state index is 0. The third-order valence-electron chi connectivity index (χ3n) is 2.03. The molecule has 0 atom stereocenters. The molecule has 2 aromatic rings. The molecule has 0 unspecified atom stereocenters. The molecule has 0 saturated heterocycles. The van der Waals surface area contributed by atoms with E-state index in [-0.39, 0.29) is 12.4 Å². The Morgan fingerprint density at radius 3 is 2.69 bits per heavy atom. The highest BCUT2D eigenvalue weighted by molar-refractivity contribution is 5.85. The van der Waals surface area contributed by atoms with E-state index in [1.165, 1.54) is 0 Å². The number of anilines is 1. The van der Waals surface area contributed by atoms with Crippen LogP contribution in [0.5, 0.6) is 11.6 Å². The molecule has 1 aromatic heterocycles. The lowest BCUT2D eigenvalue weighted by molar-refractivity contribution is 0.455. The molecule has 4 nitrogen and oxygen atoms in total. The molecule has 0 bridgehead atoms. The van der Waals surface area contributed by atoms with E-state index in [4.69, 9.17) is 10.5 Å². The second kappa shape index (κ2) is 4.90. The van der Waals surface area contributed by atoms with Crippen LogP contribution in [0.2, 0.25) is 0 Å². The Labute approximate surface area is 100 Å². The van der Waals surface area contributed by atoms with Crippen LogP contribution in [0.15, 0.2) is 30.5 Å². The first kappa shape index (κ1) is 12.4. The van der Waals surface area contributed by atoms with Crippen molar-refractivity contribution in [2.75, 3.05) is 5.73 Å². The summed E-state index contributed by atoms with van der Waals surface area (Å²) in [4.78, 5) is 0. The molecular weight excluding hydrogens is 226 g/mol. The van der Waals surface area contributed by atoms with Crippen LogP contribution in [0, 0.1) is 6.92 Å². The van der Waals surface area contributed by atoms with Crippen LogP contribution in [0.1, 0.15) is 5.56 Å². The number of nitrogens with two attached hydrogens (primary N) is 1. The molecular formula is C11H14ClN3O. The molecule has 0 aliphatic heterocycles. The van der Waals surface area contributed by atoms with Gasteiger partial charge in [0.1, 0.15) is 11.4 Å². The van der Waals surface area contributed by atoms with Crippen LogP contribution in [0.3, 0.4) is 0 Å². The van der Waals surface area contributed by atoms with Crippen molar-refractivity contribution in [3.05, 3.63) is 36.0 Å². The van der Waals surface area contributed by atoms with Gasteiger partial charge in [0, 0.05) is 7.05 Å². The molecule has 0 saturated carbocycles. The summed E-state index contributed by atoms with van der Waals surface area (Å²) in [6.07, 6.45) is 1.71. The second-order valence-corrected chi connectivity index (χ2v) is 3.48. The number of ether oxygens (including phenoxy) is 1. The van der Waals surface area contributed by atoms with Gasteiger partial charge in [-0.15, -0.1) is 17.5 Å². The second-order valence-electron chi connectivity index (χ2n) is 3.48. The van der Waals surface area contributed by atoms with Gasteiger partial charge in [0.2, 0.25) is 0 Å². The smallest absolute Gasteiger partial charge is 0.261 e. The summed E-state index contributed by atoms with van der Waals surface area (Å²) in [5, 5.41) is 4.10. The van der Waals surface area contributed by atoms with Gasteiger partial charge in [-0.25, -0.2) is 0 Å². The monoisotopic (exact) mass is 239 g/mol. The van der Waals surface area contributed by atoms with Gasteiger partial charge in [0.25, 0.3) is 5.88 Å². The highest BCUT2D eigenvalue weighted by Gasteiger charge is 2.06. The van der Waals surface area contributed by atoms with E-state index in [9.17, 15) is 0 Å². The van der Waals surface area contributed by atoms with Crippen LogP contribution in [-0.4, -0.2) is 9.78 Å². The fourth-order valence-electron chi connectivity index (χ4n) is 1.36. The summed E-state index contributed by atoms with van der Waals surface area (Å²) in [5.41, 5.74) is 7.40. The predicted octanol–water partition coefficient (Wildman–Crippen LogP) is 2.52. The molecule has 5 heteroatoms. The third kappa shape index (κ3) is 2.67. The Morgan fingerprint density at radius 2 is 2.12 bits per heavy atom. The van der Waals surface area contributed by atoms with Crippen molar-refractivity contribution in [2.45, 2.75) is 6.92 Å². The van der Waals surface area contributed by atoms with Gasteiger partial charge in [-0.05, 0) is 24.6 Å². The molecule has 1 aromatic carbocycles. The first-order valence-electron chi connectivity index (χ1n) is 4.69. The lowest BCUT2D eigenvalue weighted by atomic mass is 10.2. The van der Waals surface area contributed by atoms with Gasteiger partial charge in [-0.3, -0.25) is 4.68 Å². The molecule has 0 amide bonds. The normalized spacial score (nSPS) is 9.62. The van der Waals surface area contributed by atoms with E-state index in [1.54, 1.807) is 17.9 Å². The van der Waals surface area contributed by atoms with Crippen LogP contribution in [0.25, 0.3) is 0 Å². The van der Waals surface area contributed by atoms with E-state index >= 15 is 0 Å². The quantitative estimate of drug-likeness (QED) is 0.876. The molecule has 86 valence electrons. The minimum Gasteiger partial charge on any atom is -0.436 e. The van der Waals surface area contributed by atoms with Crippen molar-refractivity contribution in [2.24, 2.45) is 7.05 Å². The van der Waals surface area contributed by atoms with Gasteiger partial charge in [-0.1, -0.05) is 12.1 Å². The van der Waals surface area contributed by atoms with E-state index < -0.39 is 0 Å². The average molecular weight is 240 g/mol. The Bertz CT molecular complexity index is 482. The Balaban J connectivity index is 0.00000128. The zero-order chi connectivity index (χ0) is 10.8. The van der Waals surface area contributed by atoms with Crippen molar-refractivity contribution in [3.8, 4) is 11.6 Å². The zero-order valence-corrected chi connectivity index (χ0v) is 9.99. The van der Waals surface area contributed by atoms with Crippen molar-refractivity contribution in [1.82, 2.24) is 9.78 Å². The summed E-state index contributed by atoms with van der Waals surface area (Å²) in [6, 6.07) is 7.76. The van der Waals surface area contributed by atoms with Crippen LogP contribution < -0.4 is 10.5 Å². The number of hydrogen-bond donors (Lipinski definition) is 1. The highest BCUT2D eigenvalue weighted by atomic mass is 35.5. The molecule has 1 heterocycles. The standard InChI is InChI=1S/C11H13N3O.ClH/c1-8-4-3-5-9(6-8)15-11-10(12)7-14(2)13-11;/h3-7H,12H2,1-2H3;1H. The highest BCUT2D eigenvalue weighted by Crippen LogP contribution is 2.25. The molecule has 0 radical (unpaired) electrons. The van der Waals surface area contributed by atoms with Crippen LogP contribution in [0.4, 0.5) is 5.69 Å². The summed E-state index contributed by atoms with van der Waals surface area (Å²) in [5.74, 6) is 1.20. The Hall–Kier alpha value is -1.68. The first-order chi connectivity index (χ1) is 7.15. The maximum atomic E-state index is 5.72. The van der Waals surface area contributed by atoms with E-state index in [0.29, 0.717) is 11.6 Å². The summed E-state index contributed by atoms with van der Waals surface area (Å²) in [6.45, 7) is 2.01. The largest absolute Gasteiger partial charge is 0.436 e. The fourth-order valence-corrected chi connectivity index (χ4v) is 1.36. The number of hydrogen-bond acceptors (Lipinski definition) is 3. The molecule has 16 heavy (non-hydrogen) atoms. The van der Waals surface area contributed by atoms with Crippen molar-refractivity contribution in [1.29, 1.82) is 0 Å². The minimum absolute atomic E-state index is 0. The number of benzene rings is 1. The topological polar surface area (TPSA) is 53.1 Å². The lowest BCUT2D eigenvalue weighted by Gasteiger charge is -2.03. The number of halogens is 1. The summed E-state index contributed by atoms with van der Waals surface area (Å²) in [7, 11) is 1.81. The van der Waals surface area contributed by atoms with Gasteiger partial charge < -0.3 is 10.5 Å². The lowest BCUT2D eigenvalue weighted by Crippen LogP contribution is -1.91. The maximum Gasteiger partial charge on any atom is 0.261 e. The fraction of sp³-hybridized carbons (Fsp3) is 0.182. The molecule has 0 spiro atoms. The molecule has 2 rings (SSSR count). The number of aromatic nitrogens is 2. The van der Waals surface area contributed by atoms with Crippen molar-refractivity contribution < 1.29 is 4.74 Å². The Morgan fingerprint density at radius 1 is 1.38 bits per heavy atom. The number of nitrogens with zero attached hydrogens (tertiary/aromatic N) is 2. The predicted molar refractivity (Wildman–Crippen MR) is 66.1 cm³/mol. The van der Waals surface area contributed by atoms with Crippen LogP contribution in [-0.2, 0) is 7.05 Å². The third-order valence-corrected chi connectivity index (χ3v) is 2.03. The van der Waals surface area contributed by atoms with E-state index in [1.807, 2.05) is 31.2 Å². The molecule has 2 N–H and O–H groups in total. The number of rotatable bonds is 2. The van der Waals surface area contributed by atoms with E-state index in [0.717, 1.165) is 11.3 Å². The first-order valence-corrected chi connectivity index (χ1v) is 4.69. The zero-order valence-electron chi connectivity index (χ0n) is 9.18. The average Bonchev–Trinajstić information content (AvgIpc) is 2.45. The summed E-state index contributed by atoms with van der Waals surface area (Å²) < 4.78 is 7.18. The van der Waals surface area contributed by atoms with Crippen molar-refractivity contribution in [3.63, 3.8) is 0 Å².